The number of nitrogens with one attached hydrogen (secondary N) is 1. The molecule has 23 heavy (non-hydrogen) atoms. The molecule has 0 amide bonds. The molecular weight excluding hydrogens is 307 g/mol. The predicted molar refractivity (Wildman–Crippen MR) is 80.1 cm³/mol. The van der Waals surface area contributed by atoms with Crippen LogP contribution in [-0.4, -0.2) is 18.1 Å². The van der Waals surface area contributed by atoms with Gasteiger partial charge in [-0.2, -0.15) is 13.2 Å². The summed E-state index contributed by atoms with van der Waals surface area (Å²) in [5, 5.41) is 0.532. The summed E-state index contributed by atoms with van der Waals surface area (Å²) in [6.07, 6.45) is -4.45. The van der Waals surface area contributed by atoms with Gasteiger partial charge in [0, 0.05) is 16.5 Å². The van der Waals surface area contributed by atoms with Crippen molar-refractivity contribution in [1.29, 1.82) is 0 Å². The Balaban J connectivity index is 2.30. The standard InChI is InChI=1S/C17H12F3NO2/c1-23-16(22)15-14(10-5-3-2-4-6-10)12-8-7-11(17(18,19)20)9-13(12)21-15/h2-9,21H,1H3. The number of carbonyl (C=O) groups is 1. The second-order valence-corrected chi connectivity index (χ2v) is 4.99. The Bertz CT molecular complexity index is 867. The monoisotopic (exact) mass is 319 g/mol. The minimum atomic E-state index is -4.45. The molecule has 118 valence electrons. The maximum Gasteiger partial charge on any atom is 0.416 e. The summed E-state index contributed by atoms with van der Waals surface area (Å²) in [5.74, 6) is -0.631. The lowest BCUT2D eigenvalue weighted by Crippen LogP contribution is -2.04. The second kappa shape index (κ2) is 5.46. The van der Waals surface area contributed by atoms with Crippen LogP contribution in [0.4, 0.5) is 13.2 Å². The Hall–Kier alpha value is -2.76. The highest BCUT2D eigenvalue weighted by Gasteiger charge is 2.31. The van der Waals surface area contributed by atoms with Crippen LogP contribution < -0.4 is 0 Å². The maximum absolute atomic E-state index is 12.9. The van der Waals surface area contributed by atoms with Gasteiger partial charge in [-0.15, -0.1) is 0 Å². The van der Waals surface area contributed by atoms with E-state index in [0.717, 1.165) is 17.7 Å². The molecule has 0 aliphatic heterocycles. The van der Waals surface area contributed by atoms with Gasteiger partial charge < -0.3 is 9.72 Å². The Kier molecular flexibility index (Phi) is 3.60. The highest BCUT2D eigenvalue weighted by Crippen LogP contribution is 2.36. The number of H-pyrrole nitrogens is 1. The topological polar surface area (TPSA) is 42.1 Å². The lowest BCUT2D eigenvalue weighted by atomic mass is 10.0. The van der Waals surface area contributed by atoms with E-state index < -0.39 is 17.7 Å². The summed E-state index contributed by atoms with van der Waals surface area (Å²) in [6.45, 7) is 0. The first-order valence-electron chi connectivity index (χ1n) is 6.78. The Morgan fingerprint density at radius 2 is 1.78 bits per heavy atom. The Morgan fingerprint density at radius 1 is 1.09 bits per heavy atom. The van der Waals surface area contributed by atoms with Crippen LogP contribution in [0, 0.1) is 0 Å². The molecule has 0 bridgehead atoms. The van der Waals surface area contributed by atoms with E-state index in [1.807, 2.05) is 6.07 Å². The van der Waals surface area contributed by atoms with Gasteiger partial charge in [0.25, 0.3) is 0 Å². The van der Waals surface area contributed by atoms with E-state index in [1.54, 1.807) is 24.3 Å². The fraction of sp³-hybridized carbons (Fsp3) is 0.118. The van der Waals surface area contributed by atoms with Crippen LogP contribution >= 0.6 is 0 Å². The molecule has 0 saturated carbocycles. The fourth-order valence-electron chi connectivity index (χ4n) is 2.53. The average Bonchev–Trinajstić information content (AvgIpc) is 2.92. The molecule has 0 saturated heterocycles. The van der Waals surface area contributed by atoms with E-state index >= 15 is 0 Å². The zero-order valence-electron chi connectivity index (χ0n) is 12.1. The minimum Gasteiger partial charge on any atom is -0.464 e. The van der Waals surface area contributed by atoms with Crippen LogP contribution in [0.1, 0.15) is 16.1 Å². The van der Waals surface area contributed by atoms with Gasteiger partial charge in [-0.3, -0.25) is 0 Å². The highest BCUT2D eigenvalue weighted by molar-refractivity contribution is 6.08. The fourth-order valence-corrected chi connectivity index (χ4v) is 2.53. The van der Waals surface area contributed by atoms with Crippen molar-refractivity contribution >= 4 is 16.9 Å². The molecule has 1 N–H and O–H groups in total. The first-order chi connectivity index (χ1) is 10.9. The van der Waals surface area contributed by atoms with E-state index in [0.29, 0.717) is 10.9 Å². The van der Waals surface area contributed by atoms with Crippen molar-refractivity contribution in [3.8, 4) is 11.1 Å². The predicted octanol–water partition coefficient (Wildman–Crippen LogP) is 4.64. The Morgan fingerprint density at radius 3 is 2.39 bits per heavy atom. The molecule has 3 aromatic rings. The van der Waals surface area contributed by atoms with E-state index in [4.69, 9.17) is 4.74 Å². The van der Waals surface area contributed by atoms with E-state index in [2.05, 4.69) is 4.98 Å². The third-order valence-corrected chi connectivity index (χ3v) is 3.58. The van der Waals surface area contributed by atoms with Crippen LogP contribution in [0.2, 0.25) is 0 Å². The first kappa shape index (κ1) is 15.1. The molecule has 0 radical (unpaired) electrons. The molecule has 2 aromatic carbocycles. The lowest BCUT2D eigenvalue weighted by molar-refractivity contribution is -0.137. The highest BCUT2D eigenvalue weighted by atomic mass is 19.4. The van der Waals surface area contributed by atoms with E-state index in [1.165, 1.54) is 13.2 Å². The number of benzene rings is 2. The molecule has 6 heteroatoms. The van der Waals surface area contributed by atoms with Crippen molar-refractivity contribution in [1.82, 2.24) is 4.98 Å². The molecular formula is C17H12F3NO2. The lowest BCUT2D eigenvalue weighted by Gasteiger charge is -2.06. The molecule has 0 unspecified atom stereocenters. The molecule has 0 aliphatic rings. The van der Waals surface area contributed by atoms with Gasteiger partial charge in [0.15, 0.2) is 0 Å². The van der Waals surface area contributed by atoms with Gasteiger partial charge in [0.2, 0.25) is 0 Å². The number of alkyl halides is 3. The van der Waals surface area contributed by atoms with Gasteiger partial charge >= 0.3 is 12.1 Å². The van der Waals surface area contributed by atoms with Gasteiger partial charge in [-0.05, 0) is 17.7 Å². The summed E-state index contributed by atoms with van der Waals surface area (Å²) in [7, 11) is 1.23. The molecule has 1 heterocycles. The van der Waals surface area contributed by atoms with Gasteiger partial charge in [0.05, 0.1) is 12.7 Å². The number of hydrogen-bond donors (Lipinski definition) is 1. The largest absolute Gasteiger partial charge is 0.464 e. The molecule has 3 rings (SSSR count). The van der Waals surface area contributed by atoms with Gasteiger partial charge in [-0.1, -0.05) is 36.4 Å². The average molecular weight is 319 g/mol. The van der Waals surface area contributed by atoms with Crippen molar-refractivity contribution in [2.45, 2.75) is 6.18 Å². The number of methoxy groups -OCH3 is 1. The third kappa shape index (κ3) is 2.67. The molecule has 1 aromatic heterocycles. The first-order valence-corrected chi connectivity index (χ1v) is 6.78. The van der Waals surface area contributed by atoms with Crippen molar-refractivity contribution < 1.29 is 22.7 Å². The number of hydrogen-bond acceptors (Lipinski definition) is 2. The molecule has 0 spiro atoms. The summed E-state index contributed by atoms with van der Waals surface area (Å²) < 4.78 is 43.3. The van der Waals surface area contributed by atoms with Crippen molar-refractivity contribution in [3.63, 3.8) is 0 Å². The molecule has 0 aliphatic carbocycles. The minimum absolute atomic E-state index is 0.132. The summed E-state index contributed by atoms with van der Waals surface area (Å²) in [6, 6.07) is 12.3. The number of esters is 1. The summed E-state index contributed by atoms with van der Waals surface area (Å²) in [5.41, 5.74) is 0.842. The van der Waals surface area contributed by atoms with E-state index in [-0.39, 0.29) is 11.2 Å². The molecule has 3 nitrogen and oxygen atoms in total. The van der Waals surface area contributed by atoms with Crippen molar-refractivity contribution in [2.24, 2.45) is 0 Å². The van der Waals surface area contributed by atoms with Crippen LogP contribution in [-0.2, 0) is 10.9 Å². The maximum atomic E-state index is 12.9. The second-order valence-electron chi connectivity index (χ2n) is 4.99. The zero-order chi connectivity index (χ0) is 16.6. The summed E-state index contributed by atoms with van der Waals surface area (Å²) >= 11 is 0. The van der Waals surface area contributed by atoms with Crippen LogP contribution in [0.15, 0.2) is 48.5 Å². The van der Waals surface area contributed by atoms with E-state index in [9.17, 15) is 18.0 Å². The number of fused-ring (bicyclic) bond motifs is 1. The van der Waals surface area contributed by atoms with Gasteiger partial charge in [-0.25, -0.2) is 4.79 Å². The number of rotatable bonds is 2. The normalized spacial score (nSPS) is 11.7. The van der Waals surface area contributed by atoms with Crippen LogP contribution in [0.5, 0.6) is 0 Å². The molecule has 0 fully saturated rings. The summed E-state index contributed by atoms with van der Waals surface area (Å²) in [4.78, 5) is 14.7. The smallest absolute Gasteiger partial charge is 0.416 e. The SMILES string of the molecule is COC(=O)c1[nH]c2cc(C(F)(F)F)ccc2c1-c1ccccc1. The number of halogens is 3. The van der Waals surface area contributed by atoms with Gasteiger partial charge in [0.1, 0.15) is 5.69 Å². The number of carbonyl (C=O) groups excluding carboxylic acids is 1. The number of aromatic nitrogens is 1. The van der Waals surface area contributed by atoms with Crippen LogP contribution in [0.25, 0.3) is 22.0 Å². The van der Waals surface area contributed by atoms with Crippen molar-refractivity contribution in [2.75, 3.05) is 7.11 Å². The Labute approximate surface area is 129 Å². The number of aromatic amines is 1. The quantitative estimate of drug-likeness (QED) is 0.699. The third-order valence-electron chi connectivity index (χ3n) is 3.58. The van der Waals surface area contributed by atoms with Crippen LogP contribution in [0.3, 0.4) is 0 Å². The van der Waals surface area contributed by atoms with Crippen molar-refractivity contribution in [3.05, 3.63) is 59.8 Å². The molecule has 0 atom stereocenters. The zero-order valence-corrected chi connectivity index (χ0v) is 12.1. The number of ether oxygens (including phenoxy) is 1.